The Morgan fingerprint density at radius 1 is 0.389 bits per heavy atom. The molecule has 4 aliphatic heterocycles. The maximum absolute atomic E-state index is 11.4. The molecule has 0 aromatic rings. The summed E-state index contributed by atoms with van der Waals surface area (Å²) >= 11 is 0. The minimum atomic E-state index is -0.486. The van der Waals surface area contributed by atoms with Crippen LogP contribution in [-0.4, -0.2) is 117 Å². The first-order valence-electron chi connectivity index (χ1n) is 19.8. The number of hydrogen-bond donors (Lipinski definition) is 4. The van der Waals surface area contributed by atoms with E-state index >= 15 is 0 Å². The van der Waals surface area contributed by atoms with Crippen LogP contribution in [0.25, 0.3) is 0 Å². The lowest BCUT2D eigenvalue weighted by molar-refractivity contribution is -0.197. The third-order valence-corrected chi connectivity index (χ3v) is 13.3. The number of rotatable bonds is 4. The molecule has 4 saturated heterocycles. The Hall–Kier alpha value is -1.64. The summed E-state index contributed by atoms with van der Waals surface area (Å²) in [5, 5.41) is 39.0. The zero-order chi connectivity index (χ0) is 42.5. The third-order valence-electron chi connectivity index (χ3n) is 13.3. The van der Waals surface area contributed by atoms with Gasteiger partial charge in [-0.15, -0.1) is 0 Å². The van der Waals surface area contributed by atoms with E-state index in [-0.39, 0.29) is 106 Å². The second-order valence-electron chi connectivity index (χ2n) is 18.0. The first-order valence-corrected chi connectivity index (χ1v) is 19.8. The molecule has 12 heteroatoms. The smallest absolute Gasteiger partial charge is 0.159 e. The standard InChI is InChI=1S/2C11H20O3.2C10H18O3/c2*1-6-9(13)8(3)14-10(7(2)12)11(6,4)5;2*1-5-6(2)10(7(3)11)13-8(4)9(5)12/h2*6,8-10,13H,1-5H3;2*5-6,8-10,12H,1-4H3. The lowest BCUT2D eigenvalue weighted by atomic mass is 9.68. The molecule has 12 nitrogen and oxygen atoms in total. The maximum atomic E-state index is 11.4. The molecule has 4 heterocycles. The Morgan fingerprint density at radius 3 is 0.852 bits per heavy atom. The summed E-state index contributed by atoms with van der Waals surface area (Å²) in [4.78, 5) is 45.2. The van der Waals surface area contributed by atoms with Crippen LogP contribution in [0.2, 0.25) is 0 Å². The fraction of sp³-hybridized carbons (Fsp3) is 0.905. The molecule has 0 aromatic carbocycles. The molecular weight excluding hydrogens is 696 g/mol. The minimum absolute atomic E-state index is 0.0422. The van der Waals surface area contributed by atoms with Gasteiger partial charge in [-0.25, -0.2) is 0 Å². The van der Waals surface area contributed by atoms with Gasteiger partial charge in [-0.05, 0) is 90.9 Å². The fourth-order valence-corrected chi connectivity index (χ4v) is 8.18. The molecule has 18 atom stereocenters. The summed E-state index contributed by atoms with van der Waals surface area (Å²) in [7, 11) is 0. The van der Waals surface area contributed by atoms with E-state index in [1.54, 1.807) is 13.8 Å². The van der Waals surface area contributed by atoms with Gasteiger partial charge in [0.1, 0.15) is 24.4 Å². The number of carbonyl (C=O) groups is 4. The van der Waals surface area contributed by atoms with E-state index < -0.39 is 36.6 Å². The number of aliphatic hydroxyl groups is 4. The Morgan fingerprint density at radius 2 is 0.630 bits per heavy atom. The Kier molecular flexibility index (Phi) is 18.8. The van der Waals surface area contributed by atoms with Crippen LogP contribution in [0.15, 0.2) is 0 Å². The molecule has 0 bridgehead atoms. The van der Waals surface area contributed by atoms with Crippen LogP contribution in [-0.2, 0) is 38.1 Å². The van der Waals surface area contributed by atoms with Gasteiger partial charge in [0.05, 0.1) is 48.8 Å². The first kappa shape index (κ1) is 50.4. The molecule has 4 rings (SSSR count). The van der Waals surface area contributed by atoms with Crippen LogP contribution in [0.3, 0.4) is 0 Å². The van der Waals surface area contributed by atoms with Gasteiger partial charge in [0.15, 0.2) is 23.1 Å². The summed E-state index contributed by atoms with van der Waals surface area (Å²) in [5.74, 6) is 0.778. The Balaban J connectivity index is 0.000000360. The van der Waals surface area contributed by atoms with Crippen molar-refractivity contribution in [2.45, 2.75) is 198 Å². The summed E-state index contributed by atoms with van der Waals surface area (Å²) in [5.41, 5.74) is -0.588. The lowest BCUT2D eigenvalue weighted by Crippen LogP contribution is -2.56. The molecule has 54 heavy (non-hydrogen) atoms. The molecule has 0 aliphatic carbocycles. The summed E-state index contributed by atoms with van der Waals surface area (Å²) in [6.45, 7) is 33.1. The van der Waals surface area contributed by atoms with Gasteiger partial charge in [-0.2, -0.15) is 0 Å². The van der Waals surface area contributed by atoms with E-state index in [4.69, 9.17) is 18.9 Å². The molecule has 0 radical (unpaired) electrons. The number of Topliss-reactive ketones (excluding diaryl/α,β-unsaturated/α-hetero) is 4. The van der Waals surface area contributed by atoms with Crippen LogP contribution in [0.4, 0.5) is 0 Å². The topological polar surface area (TPSA) is 186 Å². The van der Waals surface area contributed by atoms with Gasteiger partial charge in [0, 0.05) is 10.8 Å². The van der Waals surface area contributed by atoms with Gasteiger partial charge < -0.3 is 39.4 Å². The third kappa shape index (κ3) is 11.7. The monoisotopic (exact) mass is 773 g/mol. The predicted octanol–water partition coefficient (Wildman–Crippen LogP) is 4.76. The van der Waals surface area contributed by atoms with Crippen LogP contribution in [0, 0.1) is 46.3 Å². The van der Waals surface area contributed by atoms with Crippen molar-refractivity contribution in [3.63, 3.8) is 0 Å². The van der Waals surface area contributed by atoms with E-state index in [2.05, 4.69) is 0 Å². The molecule has 4 aliphatic rings. The second kappa shape index (κ2) is 20.2. The van der Waals surface area contributed by atoms with Crippen molar-refractivity contribution in [3.8, 4) is 0 Å². The van der Waals surface area contributed by atoms with E-state index in [0.717, 1.165) is 0 Å². The van der Waals surface area contributed by atoms with E-state index in [0.29, 0.717) is 0 Å². The van der Waals surface area contributed by atoms with Crippen molar-refractivity contribution < 1.29 is 58.6 Å². The Bertz CT molecular complexity index is 1160. The van der Waals surface area contributed by atoms with Crippen molar-refractivity contribution >= 4 is 23.1 Å². The number of ketones is 4. The second-order valence-corrected chi connectivity index (χ2v) is 18.0. The lowest BCUT2D eigenvalue weighted by Gasteiger charge is -2.47. The van der Waals surface area contributed by atoms with Gasteiger partial charge in [0.2, 0.25) is 0 Å². The number of aliphatic hydroxyl groups excluding tert-OH is 4. The molecule has 0 saturated carbocycles. The zero-order valence-electron chi connectivity index (χ0n) is 36.4. The number of carbonyl (C=O) groups excluding carboxylic acids is 4. The van der Waals surface area contributed by atoms with Gasteiger partial charge in [-0.1, -0.05) is 69.2 Å². The minimum Gasteiger partial charge on any atom is -0.390 e. The van der Waals surface area contributed by atoms with E-state index in [1.807, 2.05) is 96.9 Å². The van der Waals surface area contributed by atoms with Gasteiger partial charge in [0.25, 0.3) is 0 Å². The average molecular weight is 773 g/mol. The molecule has 316 valence electrons. The van der Waals surface area contributed by atoms with Crippen molar-refractivity contribution in [3.05, 3.63) is 0 Å². The number of hydrogen-bond acceptors (Lipinski definition) is 12. The van der Waals surface area contributed by atoms with Crippen LogP contribution < -0.4 is 0 Å². The van der Waals surface area contributed by atoms with Crippen LogP contribution >= 0.6 is 0 Å². The fourth-order valence-electron chi connectivity index (χ4n) is 8.18. The molecule has 4 fully saturated rings. The molecule has 0 spiro atoms. The quantitative estimate of drug-likeness (QED) is 0.308. The molecule has 18 unspecified atom stereocenters. The van der Waals surface area contributed by atoms with Gasteiger partial charge in [-0.3, -0.25) is 19.2 Å². The summed E-state index contributed by atoms with van der Waals surface area (Å²) in [6, 6.07) is 0. The van der Waals surface area contributed by atoms with Crippen molar-refractivity contribution in [1.29, 1.82) is 0 Å². The predicted molar refractivity (Wildman–Crippen MR) is 207 cm³/mol. The molecule has 0 amide bonds. The summed E-state index contributed by atoms with van der Waals surface area (Å²) in [6.07, 6.45) is -4.33. The molecular formula is C42H76O12. The van der Waals surface area contributed by atoms with E-state index in [9.17, 15) is 39.6 Å². The zero-order valence-corrected chi connectivity index (χ0v) is 36.4. The highest BCUT2D eigenvalue weighted by molar-refractivity contribution is 5.82. The SMILES string of the molecule is CC(=O)C1OC(C)C(O)C(C)C1(C)C.CC(=O)C1OC(C)C(O)C(C)C1(C)C.CC(=O)C1OC(C)C(O)C(C)C1C.CC(=O)C1OC(C)C(O)C(C)C1C. The number of ether oxygens (including phenoxy) is 4. The molecule has 4 N–H and O–H groups in total. The van der Waals surface area contributed by atoms with Crippen molar-refractivity contribution in [2.24, 2.45) is 46.3 Å². The van der Waals surface area contributed by atoms with Gasteiger partial charge >= 0.3 is 0 Å². The highest BCUT2D eigenvalue weighted by atomic mass is 16.5. The largest absolute Gasteiger partial charge is 0.390 e. The average Bonchev–Trinajstić information content (AvgIpc) is 3.08. The Labute approximate surface area is 325 Å². The highest BCUT2D eigenvalue weighted by Crippen LogP contribution is 2.42. The van der Waals surface area contributed by atoms with Crippen LogP contribution in [0.1, 0.15) is 125 Å². The van der Waals surface area contributed by atoms with Crippen molar-refractivity contribution in [1.82, 2.24) is 0 Å². The maximum Gasteiger partial charge on any atom is 0.159 e. The molecule has 0 aromatic heterocycles. The highest BCUT2D eigenvalue weighted by Gasteiger charge is 2.49. The van der Waals surface area contributed by atoms with E-state index in [1.165, 1.54) is 13.8 Å². The first-order chi connectivity index (χ1) is 24.5. The normalized spacial score (nSPS) is 44.0. The van der Waals surface area contributed by atoms with Crippen LogP contribution in [0.5, 0.6) is 0 Å². The summed E-state index contributed by atoms with van der Waals surface area (Å²) < 4.78 is 22.0. The van der Waals surface area contributed by atoms with Crippen molar-refractivity contribution in [2.75, 3.05) is 0 Å².